The van der Waals surface area contributed by atoms with Crippen LogP contribution in [0.2, 0.25) is 0 Å². The zero-order valence-electron chi connectivity index (χ0n) is 12.5. The first-order valence-corrected chi connectivity index (χ1v) is 6.99. The van der Waals surface area contributed by atoms with Crippen LogP contribution in [0.25, 0.3) is 0 Å². The molecule has 2 N–H and O–H groups in total. The van der Waals surface area contributed by atoms with Gasteiger partial charge in [0.05, 0.1) is 6.61 Å². The molecule has 1 unspecified atom stereocenters. The van der Waals surface area contributed by atoms with Gasteiger partial charge >= 0.3 is 0 Å². The van der Waals surface area contributed by atoms with Crippen LogP contribution in [0.5, 0.6) is 5.75 Å². The standard InChI is InChI=1S/C15H22N2O.2ClH.H2O/c1-16-8-10-17(11-9-16)14-6-4-12-18-15-7-3-2-5-13(14)15;;;/h2-3,5,7,14H,4,6,8-12H2,1H3;2*1H;1H2. The van der Waals surface area contributed by atoms with Crippen LogP contribution in [0, 0.1) is 0 Å². The van der Waals surface area contributed by atoms with Crippen molar-refractivity contribution < 1.29 is 10.2 Å². The summed E-state index contributed by atoms with van der Waals surface area (Å²) in [6, 6.07) is 9.12. The third-order valence-electron chi connectivity index (χ3n) is 4.14. The van der Waals surface area contributed by atoms with Gasteiger partial charge in [-0.25, -0.2) is 0 Å². The van der Waals surface area contributed by atoms with Crippen molar-refractivity contribution in [2.75, 3.05) is 39.8 Å². The van der Waals surface area contributed by atoms with Gasteiger partial charge in [-0.2, -0.15) is 0 Å². The minimum atomic E-state index is 0. The molecule has 2 heterocycles. The molecule has 0 amide bonds. The Bertz CT molecular complexity index is 412. The normalized spacial score (nSPS) is 22.4. The lowest BCUT2D eigenvalue weighted by molar-refractivity contribution is 0.107. The van der Waals surface area contributed by atoms with Gasteiger partial charge in [-0.3, -0.25) is 4.90 Å². The van der Waals surface area contributed by atoms with Crippen molar-refractivity contribution in [3.8, 4) is 5.75 Å². The Labute approximate surface area is 139 Å². The van der Waals surface area contributed by atoms with Crippen molar-refractivity contribution in [3.63, 3.8) is 0 Å². The predicted molar refractivity (Wildman–Crippen MR) is 91.1 cm³/mol. The maximum Gasteiger partial charge on any atom is 0.124 e. The van der Waals surface area contributed by atoms with Crippen LogP contribution < -0.4 is 4.74 Å². The van der Waals surface area contributed by atoms with Crippen molar-refractivity contribution in [2.24, 2.45) is 0 Å². The van der Waals surface area contributed by atoms with Crippen LogP contribution in [0.15, 0.2) is 24.3 Å². The van der Waals surface area contributed by atoms with Gasteiger partial charge in [0, 0.05) is 37.8 Å². The first-order valence-electron chi connectivity index (χ1n) is 6.99. The Morgan fingerprint density at radius 2 is 1.71 bits per heavy atom. The highest BCUT2D eigenvalue weighted by molar-refractivity contribution is 5.85. The molecule has 4 nitrogen and oxygen atoms in total. The number of ether oxygens (including phenoxy) is 1. The summed E-state index contributed by atoms with van der Waals surface area (Å²) >= 11 is 0. The molecule has 1 aromatic carbocycles. The average Bonchev–Trinajstić information content (AvgIpc) is 2.62. The predicted octanol–water partition coefficient (Wildman–Crippen LogP) is 2.17. The summed E-state index contributed by atoms with van der Waals surface area (Å²) in [6.45, 7) is 5.57. The lowest BCUT2D eigenvalue weighted by atomic mass is 9.99. The Balaban J connectivity index is 0.00000133. The summed E-state index contributed by atoms with van der Waals surface area (Å²) in [7, 11) is 2.21. The molecule has 2 aliphatic rings. The summed E-state index contributed by atoms with van der Waals surface area (Å²) in [6.07, 6.45) is 2.38. The maximum absolute atomic E-state index is 5.85. The minimum absolute atomic E-state index is 0. The van der Waals surface area contributed by atoms with Gasteiger partial charge in [0.2, 0.25) is 0 Å². The third kappa shape index (κ3) is 4.73. The maximum atomic E-state index is 5.85. The molecule has 0 radical (unpaired) electrons. The number of rotatable bonds is 1. The molecule has 0 saturated carbocycles. The molecule has 1 atom stereocenters. The Morgan fingerprint density at radius 3 is 2.43 bits per heavy atom. The van der Waals surface area contributed by atoms with Crippen LogP contribution in [-0.4, -0.2) is 55.1 Å². The molecular weight excluding hydrogens is 311 g/mol. The van der Waals surface area contributed by atoms with E-state index < -0.39 is 0 Å². The van der Waals surface area contributed by atoms with E-state index in [4.69, 9.17) is 4.74 Å². The van der Waals surface area contributed by atoms with Crippen LogP contribution in [0.3, 0.4) is 0 Å². The zero-order chi connectivity index (χ0) is 12.4. The topological polar surface area (TPSA) is 47.2 Å². The van der Waals surface area contributed by atoms with E-state index in [9.17, 15) is 0 Å². The molecule has 6 heteroatoms. The summed E-state index contributed by atoms with van der Waals surface area (Å²) in [5.41, 5.74) is 1.39. The fraction of sp³-hybridized carbons (Fsp3) is 0.600. The molecule has 21 heavy (non-hydrogen) atoms. The van der Waals surface area contributed by atoms with E-state index in [1.807, 2.05) is 0 Å². The smallest absolute Gasteiger partial charge is 0.124 e. The van der Waals surface area contributed by atoms with Crippen LogP contribution in [-0.2, 0) is 0 Å². The third-order valence-corrected chi connectivity index (χ3v) is 4.14. The van der Waals surface area contributed by atoms with E-state index in [0.29, 0.717) is 6.04 Å². The summed E-state index contributed by atoms with van der Waals surface area (Å²) < 4.78 is 5.85. The van der Waals surface area contributed by atoms with E-state index in [0.717, 1.165) is 18.8 Å². The van der Waals surface area contributed by atoms with Crippen LogP contribution in [0.4, 0.5) is 0 Å². The van der Waals surface area contributed by atoms with Gasteiger partial charge in [-0.05, 0) is 26.0 Å². The Kier molecular flexibility index (Phi) is 9.25. The van der Waals surface area contributed by atoms with E-state index in [1.165, 1.54) is 38.2 Å². The number of piperazine rings is 1. The van der Waals surface area contributed by atoms with Crippen molar-refractivity contribution in [3.05, 3.63) is 29.8 Å². The number of hydrogen-bond acceptors (Lipinski definition) is 3. The summed E-state index contributed by atoms with van der Waals surface area (Å²) in [5.74, 6) is 1.10. The summed E-state index contributed by atoms with van der Waals surface area (Å²) in [5, 5.41) is 0. The number of likely N-dealkylation sites (N-methyl/N-ethyl adjacent to an activating group) is 1. The van der Waals surface area contributed by atoms with E-state index in [1.54, 1.807) is 0 Å². The van der Waals surface area contributed by atoms with Gasteiger partial charge < -0.3 is 15.1 Å². The number of para-hydroxylation sites is 1. The highest BCUT2D eigenvalue weighted by Crippen LogP contribution is 2.35. The first-order chi connectivity index (χ1) is 8.84. The SMILES string of the molecule is CN1CCN(C2CCCOc3ccccc32)CC1.Cl.Cl.O. The molecule has 3 rings (SSSR count). The van der Waals surface area contributed by atoms with Crippen LogP contribution >= 0.6 is 24.8 Å². The second kappa shape index (κ2) is 9.49. The largest absolute Gasteiger partial charge is 0.493 e. The van der Waals surface area contributed by atoms with Crippen molar-refractivity contribution in [2.45, 2.75) is 18.9 Å². The molecule has 1 fully saturated rings. The van der Waals surface area contributed by atoms with Gasteiger partial charge in [0.25, 0.3) is 0 Å². The van der Waals surface area contributed by atoms with Gasteiger partial charge in [-0.15, -0.1) is 24.8 Å². The second-order valence-electron chi connectivity index (χ2n) is 5.38. The molecular formula is C15H26Cl2N2O2. The van der Waals surface area contributed by atoms with Crippen LogP contribution in [0.1, 0.15) is 24.4 Å². The van der Waals surface area contributed by atoms with E-state index in [-0.39, 0.29) is 30.3 Å². The zero-order valence-corrected chi connectivity index (χ0v) is 14.1. The molecule has 2 aliphatic heterocycles. The Morgan fingerprint density at radius 1 is 1.05 bits per heavy atom. The molecule has 1 aromatic rings. The first kappa shape index (κ1) is 20.5. The van der Waals surface area contributed by atoms with Gasteiger partial charge in [0.15, 0.2) is 0 Å². The van der Waals surface area contributed by atoms with Crippen molar-refractivity contribution >= 4 is 24.8 Å². The lowest BCUT2D eigenvalue weighted by Crippen LogP contribution is -2.45. The fourth-order valence-electron chi connectivity index (χ4n) is 3.01. The quantitative estimate of drug-likeness (QED) is 0.789. The second-order valence-corrected chi connectivity index (χ2v) is 5.38. The summed E-state index contributed by atoms with van der Waals surface area (Å²) in [4.78, 5) is 5.04. The number of nitrogens with zero attached hydrogens (tertiary/aromatic N) is 2. The molecule has 1 saturated heterocycles. The number of fused-ring (bicyclic) bond motifs is 1. The minimum Gasteiger partial charge on any atom is -0.493 e. The number of benzene rings is 1. The lowest BCUT2D eigenvalue weighted by Gasteiger charge is -2.38. The van der Waals surface area contributed by atoms with Crippen molar-refractivity contribution in [1.82, 2.24) is 9.80 Å². The molecule has 0 aromatic heterocycles. The van der Waals surface area contributed by atoms with Gasteiger partial charge in [0.1, 0.15) is 5.75 Å². The highest BCUT2D eigenvalue weighted by atomic mass is 35.5. The number of halogens is 2. The van der Waals surface area contributed by atoms with E-state index in [2.05, 4.69) is 41.1 Å². The number of hydrogen-bond donors (Lipinski definition) is 0. The monoisotopic (exact) mass is 336 g/mol. The highest BCUT2D eigenvalue weighted by Gasteiger charge is 2.27. The Hall–Kier alpha value is -0.520. The van der Waals surface area contributed by atoms with E-state index >= 15 is 0 Å². The molecule has 0 bridgehead atoms. The molecule has 0 spiro atoms. The van der Waals surface area contributed by atoms with Gasteiger partial charge in [-0.1, -0.05) is 18.2 Å². The molecule has 0 aliphatic carbocycles. The van der Waals surface area contributed by atoms with Crippen molar-refractivity contribution in [1.29, 1.82) is 0 Å². The average molecular weight is 337 g/mol. The fourth-order valence-corrected chi connectivity index (χ4v) is 3.01. The molecule has 122 valence electrons.